The van der Waals surface area contributed by atoms with E-state index in [0.29, 0.717) is 16.9 Å². The van der Waals surface area contributed by atoms with Gasteiger partial charge in [0.15, 0.2) is 5.58 Å². The second-order valence-electron chi connectivity index (χ2n) is 4.59. The molecule has 0 atom stereocenters. The summed E-state index contributed by atoms with van der Waals surface area (Å²) in [5.74, 6) is -0.249. The van der Waals surface area contributed by atoms with Gasteiger partial charge in [-0.15, -0.1) is 0 Å². The monoisotopic (exact) mass is 308 g/mol. The average molecular weight is 308 g/mol. The van der Waals surface area contributed by atoms with Gasteiger partial charge in [0.1, 0.15) is 5.82 Å². The van der Waals surface area contributed by atoms with Crippen LogP contribution < -0.4 is 10.5 Å². The molecular weight excluding hydrogens is 296 g/mol. The molecule has 8 nitrogen and oxygen atoms in total. The molecule has 0 saturated carbocycles. The fourth-order valence-electron chi connectivity index (χ4n) is 1.92. The van der Waals surface area contributed by atoms with Gasteiger partial charge < -0.3 is 4.42 Å². The molecule has 3 rings (SSSR count). The van der Waals surface area contributed by atoms with E-state index in [1.54, 1.807) is 14.0 Å². The third kappa shape index (κ3) is 2.21. The van der Waals surface area contributed by atoms with Crippen LogP contribution in [0.15, 0.2) is 38.5 Å². The number of aromatic nitrogens is 3. The minimum Gasteiger partial charge on any atom is -0.408 e. The van der Waals surface area contributed by atoms with Gasteiger partial charge in [0.25, 0.3) is 10.0 Å². The fraction of sp³-hybridized carbons (Fsp3) is 0.167. The summed E-state index contributed by atoms with van der Waals surface area (Å²) in [5.41, 5.74) is 1.41. The third-order valence-electron chi connectivity index (χ3n) is 3.14. The van der Waals surface area contributed by atoms with E-state index in [2.05, 4.69) is 14.9 Å². The molecule has 2 N–H and O–H groups in total. The van der Waals surface area contributed by atoms with Crippen LogP contribution in [0.4, 0.5) is 5.82 Å². The molecule has 0 spiro atoms. The number of rotatable bonds is 3. The molecule has 110 valence electrons. The second kappa shape index (κ2) is 4.48. The minimum atomic E-state index is -3.79. The molecule has 9 heteroatoms. The number of oxazole rings is 1. The lowest BCUT2D eigenvalue weighted by atomic mass is 10.3. The van der Waals surface area contributed by atoms with E-state index in [9.17, 15) is 13.2 Å². The Hall–Kier alpha value is -2.55. The smallest absolute Gasteiger partial charge is 0.408 e. The lowest BCUT2D eigenvalue weighted by Gasteiger charge is -2.06. The Labute approximate surface area is 119 Å². The number of sulfonamides is 1. The van der Waals surface area contributed by atoms with Crippen LogP contribution in [-0.4, -0.2) is 23.2 Å². The number of anilines is 1. The van der Waals surface area contributed by atoms with Crippen molar-refractivity contribution >= 4 is 26.9 Å². The Balaban J connectivity index is 2.07. The molecule has 0 aliphatic carbocycles. The first-order valence-corrected chi connectivity index (χ1v) is 7.49. The summed E-state index contributed by atoms with van der Waals surface area (Å²) < 4.78 is 33.3. The van der Waals surface area contributed by atoms with Crippen molar-refractivity contribution in [2.45, 2.75) is 11.8 Å². The van der Waals surface area contributed by atoms with Crippen LogP contribution in [0.3, 0.4) is 0 Å². The first kappa shape index (κ1) is 13.4. The van der Waals surface area contributed by atoms with Crippen molar-refractivity contribution in [2.24, 2.45) is 7.05 Å². The van der Waals surface area contributed by atoms with Crippen molar-refractivity contribution in [3.05, 3.63) is 40.5 Å². The maximum atomic E-state index is 12.3. The Morgan fingerprint density at radius 3 is 2.81 bits per heavy atom. The zero-order valence-electron chi connectivity index (χ0n) is 11.2. The van der Waals surface area contributed by atoms with Crippen molar-refractivity contribution < 1.29 is 12.8 Å². The van der Waals surface area contributed by atoms with Gasteiger partial charge >= 0.3 is 5.76 Å². The lowest BCUT2D eigenvalue weighted by Crippen LogP contribution is -2.14. The number of H-pyrrole nitrogens is 1. The maximum absolute atomic E-state index is 12.3. The summed E-state index contributed by atoms with van der Waals surface area (Å²) in [5, 5.41) is 6.31. The van der Waals surface area contributed by atoms with Crippen molar-refractivity contribution in [3.8, 4) is 0 Å². The zero-order valence-corrected chi connectivity index (χ0v) is 12.1. The summed E-state index contributed by atoms with van der Waals surface area (Å²) in [6, 6.07) is 4.24. The molecule has 1 aromatic carbocycles. The molecule has 0 saturated heterocycles. The van der Waals surface area contributed by atoms with E-state index >= 15 is 0 Å². The molecule has 0 unspecified atom stereocenters. The summed E-state index contributed by atoms with van der Waals surface area (Å²) in [7, 11) is -2.24. The first-order chi connectivity index (χ1) is 9.88. The van der Waals surface area contributed by atoms with Crippen LogP contribution >= 0.6 is 0 Å². The first-order valence-electron chi connectivity index (χ1n) is 6.01. The molecule has 0 radical (unpaired) electrons. The van der Waals surface area contributed by atoms with Crippen LogP contribution in [0.25, 0.3) is 11.1 Å². The Kier molecular flexibility index (Phi) is 2.87. The molecule has 21 heavy (non-hydrogen) atoms. The Morgan fingerprint density at radius 1 is 1.38 bits per heavy atom. The second-order valence-corrected chi connectivity index (χ2v) is 6.27. The number of nitrogens with zero attached hydrogens (tertiary/aromatic N) is 2. The predicted octanol–water partition coefficient (Wildman–Crippen LogP) is 0.964. The van der Waals surface area contributed by atoms with Crippen LogP contribution in [0, 0.1) is 6.92 Å². The predicted molar refractivity (Wildman–Crippen MR) is 75.6 cm³/mol. The standard InChI is InChI=1S/C12H12N4O4S/c1-7-6-13-14-11(7)15-21(18,19)8-3-4-9-10(5-8)20-12(17)16(9)2/h3-6H,1-2H3,(H2,13,14,15). The van der Waals surface area contributed by atoms with Crippen molar-refractivity contribution in [3.63, 3.8) is 0 Å². The van der Waals surface area contributed by atoms with Gasteiger partial charge in [-0.1, -0.05) is 0 Å². The summed E-state index contributed by atoms with van der Waals surface area (Å²) >= 11 is 0. The van der Waals surface area contributed by atoms with Gasteiger partial charge in [0.2, 0.25) is 0 Å². The molecule has 0 bridgehead atoms. The number of hydrogen-bond acceptors (Lipinski definition) is 5. The molecular formula is C12H12N4O4S. The number of benzene rings is 1. The van der Waals surface area contributed by atoms with Crippen LogP contribution in [-0.2, 0) is 17.1 Å². The SMILES string of the molecule is Cc1cn[nH]c1NS(=O)(=O)c1ccc2c(c1)oc(=O)n2C. The van der Waals surface area contributed by atoms with Gasteiger partial charge in [-0.05, 0) is 19.1 Å². The fourth-order valence-corrected chi connectivity index (χ4v) is 3.03. The molecule has 0 aliphatic rings. The molecule has 0 amide bonds. The summed E-state index contributed by atoms with van der Waals surface area (Å²) in [4.78, 5) is 11.4. The zero-order chi connectivity index (χ0) is 15.2. The van der Waals surface area contributed by atoms with Crippen LogP contribution in [0.2, 0.25) is 0 Å². The van der Waals surface area contributed by atoms with Crippen LogP contribution in [0.5, 0.6) is 0 Å². The number of nitrogens with one attached hydrogen (secondary N) is 2. The van der Waals surface area contributed by atoms with Gasteiger partial charge in [-0.2, -0.15) is 5.10 Å². The van der Waals surface area contributed by atoms with Gasteiger partial charge in [-0.3, -0.25) is 14.4 Å². The normalized spacial score (nSPS) is 11.9. The van der Waals surface area contributed by atoms with Crippen molar-refractivity contribution in [1.29, 1.82) is 0 Å². The number of fused-ring (bicyclic) bond motifs is 1. The molecule has 0 fully saturated rings. The van der Waals surface area contributed by atoms with Gasteiger partial charge in [-0.25, -0.2) is 13.2 Å². The molecule has 0 aliphatic heterocycles. The van der Waals surface area contributed by atoms with Crippen LogP contribution in [0.1, 0.15) is 5.56 Å². The van der Waals surface area contributed by atoms with E-state index in [4.69, 9.17) is 4.42 Å². The maximum Gasteiger partial charge on any atom is 0.419 e. The third-order valence-corrected chi connectivity index (χ3v) is 4.49. The quantitative estimate of drug-likeness (QED) is 0.749. The lowest BCUT2D eigenvalue weighted by molar-refractivity contribution is 0.527. The van der Waals surface area contributed by atoms with E-state index in [0.717, 1.165) is 0 Å². The Morgan fingerprint density at radius 2 is 2.14 bits per heavy atom. The Bertz CT molecular complexity index is 980. The average Bonchev–Trinajstić information content (AvgIpc) is 2.94. The largest absolute Gasteiger partial charge is 0.419 e. The number of aryl methyl sites for hydroxylation is 2. The number of hydrogen-bond donors (Lipinski definition) is 2. The van der Waals surface area contributed by atoms with Crippen molar-refractivity contribution in [1.82, 2.24) is 14.8 Å². The van der Waals surface area contributed by atoms with Crippen molar-refractivity contribution in [2.75, 3.05) is 4.72 Å². The highest BCUT2D eigenvalue weighted by molar-refractivity contribution is 7.92. The topological polar surface area (TPSA) is 110 Å². The molecule has 2 heterocycles. The van der Waals surface area contributed by atoms with E-state index in [-0.39, 0.29) is 10.5 Å². The highest BCUT2D eigenvalue weighted by atomic mass is 32.2. The van der Waals surface area contributed by atoms with Gasteiger partial charge in [0.05, 0.1) is 16.6 Å². The van der Waals surface area contributed by atoms with Gasteiger partial charge in [0, 0.05) is 18.7 Å². The van der Waals surface area contributed by atoms with E-state index in [1.165, 1.54) is 29.0 Å². The summed E-state index contributed by atoms with van der Waals surface area (Å²) in [6.45, 7) is 1.72. The van der Waals surface area contributed by atoms with E-state index < -0.39 is 15.8 Å². The summed E-state index contributed by atoms with van der Waals surface area (Å²) in [6.07, 6.45) is 1.51. The highest BCUT2D eigenvalue weighted by Gasteiger charge is 2.18. The highest BCUT2D eigenvalue weighted by Crippen LogP contribution is 2.21. The minimum absolute atomic E-state index is 0.00153. The molecule has 3 aromatic rings. The number of aromatic amines is 1. The van der Waals surface area contributed by atoms with E-state index in [1.807, 2.05) is 0 Å². The molecule has 2 aromatic heterocycles.